The molecule has 0 N–H and O–H groups in total. The molecule has 3 aromatic rings. The third-order valence-electron chi connectivity index (χ3n) is 5.91. The van der Waals surface area contributed by atoms with Crippen molar-refractivity contribution in [1.29, 1.82) is 0 Å². The van der Waals surface area contributed by atoms with Crippen LogP contribution in [0.3, 0.4) is 0 Å². The van der Waals surface area contributed by atoms with Crippen molar-refractivity contribution in [2.45, 2.75) is 43.2 Å². The fraction of sp³-hybridized carbons (Fsp3) is 0.348. The number of hydrogen-bond acceptors (Lipinski definition) is 6. The van der Waals surface area contributed by atoms with Gasteiger partial charge in [-0.1, -0.05) is 18.2 Å². The van der Waals surface area contributed by atoms with Crippen LogP contribution >= 0.6 is 11.3 Å². The van der Waals surface area contributed by atoms with Crippen LogP contribution in [0.1, 0.15) is 24.0 Å². The molecule has 2 aromatic carbocycles. The van der Waals surface area contributed by atoms with Crippen LogP contribution < -0.4 is 9.64 Å². The smallest absolute Gasteiger partial charge is 0.406 e. The zero-order chi connectivity index (χ0) is 23.8. The van der Waals surface area contributed by atoms with Crippen LogP contribution in [0, 0.1) is 13.8 Å². The summed E-state index contributed by atoms with van der Waals surface area (Å²) in [6.07, 6.45) is -3.98. The van der Waals surface area contributed by atoms with E-state index in [1.54, 1.807) is 0 Å². The van der Waals surface area contributed by atoms with Crippen molar-refractivity contribution in [3.63, 3.8) is 0 Å². The van der Waals surface area contributed by atoms with Crippen molar-refractivity contribution >= 4 is 26.3 Å². The van der Waals surface area contributed by atoms with Gasteiger partial charge in [0.1, 0.15) is 5.75 Å². The lowest BCUT2D eigenvalue weighted by Gasteiger charge is -2.31. The maximum Gasteiger partial charge on any atom is 0.573 e. The Bertz CT molecular complexity index is 1230. The highest BCUT2D eigenvalue weighted by atomic mass is 32.2. The number of hydrogen-bond donors (Lipinski definition) is 0. The van der Waals surface area contributed by atoms with Gasteiger partial charge in [-0.25, -0.2) is 13.4 Å². The van der Waals surface area contributed by atoms with E-state index in [-0.39, 0.29) is 4.90 Å². The summed E-state index contributed by atoms with van der Waals surface area (Å²) in [5.74, 6) is -0.445. The van der Waals surface area contributed by atoms with E-state index < -0.39 is 27.2 Å². The third-order valence-corrected chi connectivity index (χ3v) is 9.09. The Morgan fingerprint density at radius 1 is 1.06 bits per heavy atom. The van der Waals surface area contributed by atoms with Gasteiger partial charge in [0, 0.05) is 24.0 Å². The number of nitrogens with zero attached hydrogens (tertiary/aromatic N) is 2. The second-order valence-corrected chi connectivity index (χ2v) is 11.1. The van der Waals surface area contributed by atoms with Gasteiger partial charge in [-0.2, -0.15) is 0 Å². The van der Waals surface area contributed by atoms with Gasteiger partial charge in [0.25, 0.3) is 0 Å². The summed E-state index contributed by atoms with van der Waals surface area (Å²) in [5.41, 5.74) is 4.39. The average Bonchev–Trinajstić information content (AvgIpc) is 3.25. The summed E-state index contributed by atoms with van der Waals surface area (Å²) in [4.78, 5) is 6.87. The van der Waals surface area contributed by atoms with Crippen molar-refractivity contribution < 1.29 is 26.3 Å². The predicted molar refractivity (Wildman–Crippen MR) is 123 cm³/mol. The van der Waals surface area contributed by atoms with E-state index in [2.05, 4.69) is 29.6 Å². The molecular weight excluding hydrogens is 473 g/mol. The minimum atomic E-state index is -4.82. The standard InChI is InChI=1S/C23H23F3N2O3S2/c1-15-4-3-5-20(16(15)2)21-14-32-22(27-21)28-12-10-19(11-13-28)33(29,30)18-8-6-17(7-9-18)31-23(24,25)26/h3-9,14,19H,10-13H2,1-2H3. The number of rotatable bonds is 5. The first kappa shape index (κ1) is 23.6. The summed E-state index contributed by atoms with van der Waals surface area (Å²) in [5, 5.41) is 2.28. The van der Waals surface area contributed by atoms with Crippen molar-refractivity contribution in [3.05, 3.63) is 59.0 Å². The second kappa shape index (κ2) is 8.98. The highest BCUT2D eigenvalue weighted by Gasteiger charge is 2.33. The average molecular weight is 497 g/mol. The molecule has 33 heavy (non-hydrogen) atoms. The molecule has 0 atom stereocenters. The van der Waals surface area contributed by atoms with Gasteiger partial charge in [-0.05, 0) is 62.1 Å². The molecule has 4 rings (SSSR count). The Kier molecular flexibility index (Phi) is 6.41. The van der Waals surface area contributed by atoms with E-state index in [4.69, 9.17) is 4.98 Å². The molecule has 176 valence electrons. The zero-order valence-electron chi connectivity index (χ0n) is 18.1. The topological polar surface area (TPSA) is 59.5 Å². The van der Waals surface area contributed by atoms with Crippen molar-refractivity contribution in [2.24, 2.45) is 0 Å². The number of sulfone groups is 1. The summed E-state index contributed by atoms with van der Waals surface area (Å²) in [7, 11) is -3.66. The largest absolute Gasteiger partial charge is 0.573 e. The van der Waals surface area contributed by atoms with Crippen LogP contribution in [0.4, 0.5) is 18.3 Å². The molecule has 0 aliphatic carbocycles. The minimum absolute atomic E-state index is 0.00179. The summed E-state index contributed by atoms with van der Waals surface area (Å²) < 4.78 is 66.8. The van der Waals surface area contributed by atoms with Crippen LogP contribution in [0.15, 0.2) is 52.7 Å². The molecule has 10 heteroatoms. The first-order valence-corrected chi connectivity index (χ1v) is 12.8. The highest BCUT2D eigenvalue weighted by molar-refractivity contribution is 7.92. The van der Waals surface area contributed by atoms with Crippen molar-refractivity contribution in [3.8, 4) is 17.0 Å². The maximum atomic E-state index is 13.0. The fourth-order valence-corrected chi connectivity index (χ4v) is 6.55. The third kappa shape index (κ3) is 5.16. The molecule has 0 amide bonds. The molecule has 2 heterocycles. The molecule has 0 spiro atoms. The number of thiazole rings is 1. The Labute approximate surface area is 194 Å². The van der Waals surface area contributed by atoms with Crippen LogP contribution in [-0.4, -0.2) is 38.1 Å². The van der Waals surface area contributed by atoms with E-state index >= 15 is 0 Å². The number of ether oxygens (including phenoxy) is 1. The lowest BCUT2D eigenvalue weighted by molar-refractivity contribution is -0.274. The molecule has 1 aromatic heterocycles. The quantitative estimate of drug-likeness (QED) is 0.449. The monoisotopic (exact) mass is 496 g/mol. The first-order valence-electron chi connectivity index (χ1n) is 10.4. The Balaban J connectivity index is 1.42. The van der Waals surface area contributed by atoms with E-state index in [1.165, 1.54) is 34.6 Å². The normalized spacial score (nSPS) is 15.6. The molecule has 0 bridgehead atoms. The lowest BCUT2D eigenvalue weighted by Crippen LogP contribution is -2.39. The Morgan fingerprint density at radius 3 is 2.36 bits per heavy atom. The van der Waals surface area contributed by atoms with Gasteiger partial charge in [0.2, 0.25) is 0 Å². The Morgan fingerprint density at radius 2 is 1.73 bits per heavy atom. The summed E-state index contributed by atoms with van der Waals surface area (Å²) in [6.45, 7) is 5.22. The Hall–Kier alpha value is -2.59. The molecule has 0 unspecified atom stereocenters. The fourth-order valence-electron chi connectivity index (χ4n) is 3.94. The van der Waals surface area contributed by atoms with E-state index in [0.717, 1.165) is 28.5 Å². The van der Waals surface area contributed by atoms with Gasteiger partial charge in [0.15, 0.2) is 15.0 Å². The lowest BCUT2D eigenvalue weighted by atomic mass is 10.0. The van der Waals surface area contributed by atoms with Gasteiger partial charge in [-0.15, -0.1) is 24.5 Å². The number of aromatic nitrogens is 1. The highest BCUT2D eigenvalue weighted by Crippen LogP contribution is 2.34. The van der Waals surface area contributed by atoms with Gasteiger partial charge >= 0.3 is 6.36 Å². The van der Waals surface area contributed by atoms with E-state index in [1.807, 2.05) is 17.5 Å². The number of halogens is 3. The van der Waals surface area contributed by atoms with Crippen molar-refractivity contribution in [2.75, 3.05) is 18.0 Å². The minimum Gasteiger partial charge on any atom is -0.406 e. The molecular formula is C23H23F3N2O3S2. The summed E-state index contributed by atoms with van der Waals surface area (Å²) in [6, 6.07) is 10.5. The SMILES string of the molecule is Cc1cccc(-c2csc(N3CCC(S(=O)(=O)c4ccc(OC(F)(F)F)cc4)CC3)n2)c1C. The number of aryl methyl sites for hydroxylation is 1. The molecule has 1 saturated heterocycles. The number of alkyl halides is 3. The molecule has 1 fully saturated rings. The second-order valence-electron chi connectivity index (χ2n) is 8.01. The van der Waals surface area contributed by atoms with Gasteiger partial charge in [0.05, 0.1) is 15.8 Å². The van der Waals surface area contributed by atoms with E-state index in [0.29, 0.717) is 25.9 Å². The van der Waals surface area contributed by atoms with Gasteiger partial charge in [-0.3, -0.25) is 0 Å². The number of anilines is 1. The van der Waals surface area contributed by atoms with Crippen molar-refractivity contribution in [1.82, 2.24) is 4.98 Å². The molecule has 0 saturated carbocycles. The number of benzene rings is 2. The molecule has 5 nitrogen and oxygen atoms in total. The molecule has 0 radical (unpaired) electrons. The number of piperidine rings is 1. The van der Waals surface area contributed by atoms with Gasteiger partial charge < -0.3 is 9.64 Å². The summed E-state index contributed by atoms with van der Waals surface area (Å²) >= 11 is 1.54. The molecule has 1 aliphatic heterocycles. The van der Waals surface area contributed by atoms with Crippen LogP contribution in [0.5, 0.6) is 5.75 Å². The zero-order valence-corrected chi connectivity index (χ0v) is 19.7. The van der Waals surface area contributed by atoms with Crippen LogP contribution in [0.25, 0.3) is 11.3 Å². The van der Waals surface area contributed by atoms with Crippen LogP contribution in [0.2, 0.25) is 0 Å². The predicted octanol–water partition coefficient (Wildman–Crippen LogP) is 5.77. The first-order chi connectivity index (χ1) is 15.5. The maximum absolute atomic E-state index is 13.0. The van der Waals surface area contributed by atoms with Crippen LogP contribution in [-0.2, 0) is 9.84 Å². The van der Waals surface area contributed by atoms with E-state index in [9.17, 15) is 21.6 Å². The molecule has 1 aliphatic rings.